The van der Waals surface area contributed by atoms with E-state index in [1.54, 1.807) is 0 Å². The number of benzene rings is 6. The summed E-state index contributed by atoms with van der Waals surface area (Å²) in [5.41, 5.74) is 37.0. The van der Waals surface area contributed by atoms with Crippen LogP contribution < -0.4 is 126 Å². The second-order valence-electron chi connectivity index (χ2n) is 19.8. The molecule has 0 aliphatic heterocycles. The van der Waals surface area contributed by atoms with Gasteiger partial charge in [-0.3, -0.25) is 0 Å². The third kappa shape index (κ3) is 6.34. The molecule has 0 saturated carbocycles. The molecule has 0 bridgehead atoms. The van der Waals surface area contributed by atoms with Gasteiger partial charge in [-0.25, -0.2) is 15.0 Å². The van der Waals surface area contributed by atoms with Gasteiger partial charge in [0.2, 0.25) is 0 Å². The predicted octanol–water partition coefficient (Wildman–Crippen LogP) is -30.5. The maximum atomic E-state index is 7.01. The third-order valence-corrected chi connectivity index (χ3v) is 17.5. The number of hydrogen-bond acceptors (Lipinski definition) is 4. The fourth-order valence-electron chi connectivity index (χ4n) is 11.3. The Balaban J connectivity index is 1.64. The van der Waals surface area contributed by atoms with Crippen LogP contribution in [0.1, 0.15) is 0 Å². The van der Waals surface area contributed by atoms with E-state index < -0.39 is 0 Å². The zero-order chi connectivity index (χ0) is 47.2. The molecular weight excluding hydrogens is 751 g/mol. The van der Waals surface area contributed by atoms with E-state index in [0.717, 1.165) is 44.1 Å². The molecule has 8 rings (SSSR count). The van der Waals surface area contributed by atoms with Gasteiger partial charge in [0.15, 0.2) is 17.5 Å². The van der Waals surface area contributed by atoms with Crippen molar-refractivity contribution in [2.75, 3.05) is 0 Å². The second kappa shape index (κ2) is 16.0. The molecule has 64 heavy (non-hydrogen) atoms. The Kier molecular flexibility index (Phi) is 11.6. The Hall–Kier alpha value is -4.12. The lowest BCUT2D eigenvalue weighted by Gasteiger charge is -2.29. The lowest BCUT2D eigenvalue weighted by Crippen LogP contribution is -2.56. The smallest absolute Gasteiger partial charge is 0.164 e. The lowest BCUT2D eigenvalue weighted by atomic mass is 9.56. The average molecular weight is 797 g/mol. The molecule has 27 heteroatoms. The summed E-state index contributed by atoms with van der Waals surface area (Å²) < 4.78 is 7.01. The lowest BCUT2D eigenvalue weighted by molar-refractivity contribution is 0.675. The van der Waals surface area contributed by atoms with Gasteiger partial charge in [0.25, 0.3) is 0 Å². The molecule has 0 fully saturated rings. The highest BCUT2D eigenvalue weighted by Gasteiger charge is 2.29. The number of nitrogens with zero attached hydrogens (tertiary/aromatic N) is 3. The largest absolute Gasteiger partial charge is 0.457 e. The fourth-order valence-corrected chi connectivity index (χ4v) is 11.3. The summed E-state index contributed by atoms with van der Waals surface area (Å²) in [5, 5.41) is 4.78. The summed E-state index contributed by atoms with van der Waals surface area (Å²) in [7, 11) is 52.1. The van der Waals surface area contributed by atoms with Crippen molar-refractivity contribution in [2.45, 2.75) is 0 Å². The first-order valence-electron chi connectivity index (χ1n) is 23.2. The molecule has 8 aromatic rings. The highest BCUT2D eigenvalue weighted by Crippen LogP contribution is 2.34. The van der Waals surface area contributed by atoms with Crippen LogP contribution in [0.25, 0.3) is 78.0 Å². The Labute approximate surface area is 401 Å². The molecule has 4 nitrogen and oxygen atoms in total. The van der Waals surface area contributed by atoms with Gasteiger partial charge in [-0.05, 0) is 21.9 Å². The molecule has 2 heterocycles. The van der Waals surface area contributed by atoms with Crippen molar-refractivity contribution in [3.63, 3.8) is 0 Å². The van der Waals surface area contributed by atoms with Crippen molar-refractivity contribution in [3.05, 3.63) is 0 Å². The average Bonchev–Trinajstić information content (AvgIpc) is 3.67. The van der Waals surface area contributed by atoms with Crippen molar-refractivity contribution in [3.8, 4) is 45.3 Å². The summed E-state index contributed by atoms with van der Waals surface area (Å²) >= 11 is 0. The first-order chi connectivity index (χ1) is 29.9. The van der Waals surface area contributed by atoms with Crippen LogP contribution in [0.4, 0.5) is 0 Å². The van der Waals surface area contributed by atoms with Crippen molar-refractivity contribution in [2.24, 2.45) is 0 Å². The van der Waals surface area contributed by atoms with Crippen molar-refractivity contribution in [1.82, 2.24) is 15.0 Å². The van der Waals surface area contributed by atoms with Crippen molar-refractivity contribution in [1.29, 1.82) is 0 Å². The number of furan rings is 1. The highest BCUT2D eigenvalue weighted by atomic mass is 16.3. The number of hydrogen-bond donors (Lipinski definition) is 0. The van der Waals surface area contributed by atoms with Crippen LogP contribution in [0.2, 0.25) is 0 Å². The predicted molar refractivity (Wildman–Crippen MR) is 354 cm³/mol. The van der Waals surface area contributed by atoms with E-state index in [0.29, 0.717) is 17.5 Å². The summed E-state index contributed by atoms with van der Waals surface area (Å²) in [6, 6.07) is 0. The summed E-state index contributed by atoms with van der Waals surface area (Å²) in [6.07, 6.45) is 0. The molecule has 6 aromatic carbocycles. The van der Waals surface area contributed by atoms with Gasteiger partial charge in [-0.2, -0.15) is 0 Å². The molecule has 0 spiro atoms. The first kappa shape index (κ1) is 46.4. The zero-order valence-electron chi connectivity index (χ0n) is 43.2. The molecule has 2 aromatic heterocycles. The monoisotopic (exact) mass is 802 g/mol. The van der Waals surface area contributed by atoms with E-state index in [-0.39, 0.29) is 0 Å². The summed E-state index contributed by atoms with van der Waals surface area (Å²) in [4.78, 5) is 17.1. The molecule has 0 aliphatic carbocycles. The maximum absolute atomic E-state index is 7.01. The normalized spacial score (nSPS) is 11.6. The third-order valence-electron chi connectivity index (χ3n) is 17.5. The minimum Gasteiger partial charge on any atom is -0.457 e. The number of fused-ring (bicyclic) bond motifs is 4. The van der Waals surface area contributed by atoms with E-state index in [4.69, 9.17) is 19.4 Å². The molecule has 284 valence electrons. The molecule has 0 N–H and O–H groups in total. The molecule has 0 radical (unpaired) electrons. The van der Waals surface area contributed by atoms with Crippen molar-refractivity contribution < 1.29 is 4.42 Å². The molecule has 0 amide bonds. The molecular formula is C37H46B23N3O. The molecule has 0 aliphatic rings. The quantitative estimate of drug-likeness (QED) is 0.166. The van der Waals surface area contributed by atoms with Crippen LogP contribution in [0, 0.1) is 0 Å². The molecule has 0 unspecified atom stereocenters. The topological polar surface area (TPSA) is 51.8 Å². The van der Waals surface area contributed by atoms with Crippen LogP contribution in [-0.2, 0) is 0 Å². The van der Waals surface area contributed by atoms with Crippen LogP contribution in [0.5, 0.6) is 0 Å². The molecule has 0 saturated heterocycles. The van der Waals surface area contributed by atoms with Gasteiger partial charge in [-0.15, -0.1) is 43.7 Å². The van der Waals surface area contributed by atoms with Gasteiger partial charge in [0.1, 0.15) is 192 Å². The van der Waals surface area contributed by atoms with Gasteiger partial charge < -0.3 is 4.42 Å². The SMILES string of the molecule is Bc1c(B)c(B)c(-c2nc(-c3c(B)c(B)c(B)c4c(-c5c(B)c(B)c(B)c(B)c5B)c(B)c(B)c(B)c34)nc(-c3c(B)c(B)c(B)c4oc5c(B)c(B)c(B)c(B)c5c34)n2)c(B)c1B. The minimum atomic E-state index is 0.683. The van der Waals surface area contributed by atoms with Gasteiger partial charge in [0.05, 0.1) is 0 Å². The minimum absolute atomic E-state index is 0.683. The van der Waals surface area contributed by atoms with E-state index in [1.165, 1.54) is 142 Å². The summed E-state index contributed by atoms with van der Waals surface area (Å²) in [6.45, 7) is 0. The van der Waals surface area contributed by atoms with Gasteiger partial charge in [0, 0.05) is 27.5 Å². The summed E-state index contributed by atoms with van der Waals surface area (Å²) in [5.74, 6) is 2.10. The van der Waals surface area contributed by atoms with E-state index >= 15 is 0 Å². The van der Waals surface area contributed by atoms with E-state index in [2.05, 4.69) is 180 Å². The second-order valence-corrected chi connectivity index (χ2v) is 19.8. The van der Waals surface area contributed by atoms with Crippen LogP contribution in [-0.4, -0.2) is 195 Å². The van der Waals surface area contributed by atoms with Crippen molar-refractivity contribution >= 4 is 339 Å². The Morgan fingerprint density at radius 1 is 0.188 bits per heavy atom. The zero-order valence-corrected chi connectivity index (χ0v) is 43.2. The van der Waals surface area contributed by atoms with E-state index in [1.807, 2.05) is 0 Å². The van der Waals surface area contributed by atoms with E-state index in [9.17, 15) is 0 Å². The Morgan fingerprint density at radius 3 is 0.859 bits per heavy atom. The first-order valence-corrected chi connectivity index (χ1v) is 23.2. The van der Waals surface area contributed by atoms with Gasteiger partial charge >= 0.3 is 0 Å². The van der Waals surface area contributed by atoms with Gasteiger partial charge in [-0.1, -0.05) is 81.9 Å². The van der Waals surface area contributed by atoms with Crippen LogP contribution in [0.15, 0.2) is 4.42 Å². The standard InChI is InChI=1S/C37H46B23N3O/c38-10-1-2(5-13(41)22(50)28(56)23(51)14(5)42)11(39)20(48)12(40)3(1)7(16(44)21(10)49)35-61-36(63-37(62-35)9-18(46)25(53)29(57)26(54)19(9)47)8-4-6-15(43)24(52)30(58)32(60)34(6)64-33(4)31(59)27(55)17(8)45/h38-60H2. The Morgan fingerprint density at radius 2 is 0.422 bits per heavy atom. The number of rotatable bonds is 4. The van der Waals surface area contributed by atoms with Crippen LogP contribution in [0.3, 0.4) is 0 Å². The maximum Gasteiger partial charge on any atom is 0.164 e. The van der Waals surface area contributed by atoms with Crippen LogP contribution >= 0.6 is 0 Å². The molecule has 0 atom stereocenters. The highest BCUT2D eigenvalue weighted by molar-refractivity contribution is 6.74. The fraction of sp³-hybridized carbons (Fsp3) is 0. The Bertz CT molecular complexity index is 3440. The number of aromatic nitrogens is 3.